The van der Waals surface area contributed by atoms with E-state index in [1.54, 1.807) is 0 Å². The molecule has 16 heavy (non-hydrogen) atoms. The third kappa shape index (κ3) is 7.05. The quantitative estimate of drug-likeness (QED) is 0.479. The molecule has 0 aromatic heterocycles. The Bertz CT molecular complexity index is 248. The van der Waals surface area contributed by atoms with Crippen LogP contribution in [0.4, 0.5) is 4.79 Å². The van der Waals surface area contributed by atoms with Gasteiger partial charge in [0.05, 0.1) is 0 Å². The molecule has 0 aliphatic heterocycles. The number of carbonyl (C=O) groups is 2. The fourth-order valence-electron chi connectivity index (χ4n) is 0.966. The Morgan fingerprint density at radius 1 is 1.19 bits per heavy atom. The number of amides is 3. The van der Waals surface area contributed by atoms with Gasteiger partial charge in [-0.05, 0) is 5.41 Å². The molecule has 0 heterocycles. The third-order valence-electron chi connectivity index (χ3n) is 2.26. The summed E-state index contributed by atoms with van der Waals surface area (Å²) in [4.78, 5) is 21.7. The van der Waals surface area contributed by atoms with Crippen molar-refractivity contribution in [3.63, 3.8) is 0 Å². The molecule has 0 aliphatic carbocycles. The van der Waals surface area contributed by atoms with Gasteiger partial charge in [0.15, 0.2) is 0 Å². The Hall–Kier alpha value is -1.30. The summed E-state index contributed by atoms with van der Waals surface area (Å²) in [6.07, 6.45) is 0.278. The molecule has 0 saturated heterocycles. The third-order valence-corrected chi connectivity index (χ3v) is 2.26. The lowest BCUT2D eigenvalue weighted by Crippen LogP contribution is -2.42. The van der Waals surface area contributed by atoms with Gasteiger partial charge in [0.2, 0.25) is 5.91 Å². The molecule has 0 radical (unpaired) electrons. The summed E-state index contributed by atoms with van der Waals surface area (Å²) in [5, 5.41) is 5.03. The molecule has 0 aliphatic rings. The van der Waals surface area contributed by atoms with Gasteiger partial charge in [0, 0.05) is 25.6 Å². The van der Waals surface area contributed by atoms with E-state index in [1.807, 2.05) is 20.8 Å². The normalized spacial score (nSPS) is 13.0. The molecule has 94 valence electrons. The zero-order chi connectivity index (χ0) is 12.8. The van der Waals surface area contributed by atoms with Crippen molar-refractivity contribution in [3.8, 4) is 0 Å². The number of primary amides is 1. The molecule has 0 aromatic carbocycles. The molecule has 0 fully saturated rings. The topological polar surface area (TPSA) is 110 Å². The molecule has 0 saturated carbocycles. The summed E-state index contributed by atoms with van der Waals surface area (Å²) in [6, 6.07) is -0.780. The maximum Gasteiger partial charge on any atom is 0.312 e. The number of rotatable bonds is 5. The zero-order valence-electron chi connectivity index (χ0n) is 10.2. The molecule has 6 heteroatoms. The predicted molar refractivity (Wildman–Crippen MR) is 62.6 cm³/mol. The lowest BCUT2D eigenvalue weighted by Gasteiger charge is -2.26. The molecular formula is C10H22N4O2. The van der Waals surface area contributed by atoms with Crippen LogP contribution in [0.2, 0.25) is 0 Å². The van der Waals surface area contributed by atoms with E-state index in [9.17, 15) is 9.59 Å². The highest BCUT2D eigenvalue weighted by molar-refractivity contribution is 5.76. The SMILES string of the molecule is CC(C)(C)C(N)CC(=O)NCCNC(N)=O. The largest absolute Gasteiger partial charge is 0.354 e. The van der Waals surface area contributed by atoms with Crippen LogP contribution in [0.5, 0.6) is 0 Å². The number of nitrogens with two attached hydrogens (primary N) is 2. The Labute approximate surface area is 96.1 Å². The van der Waals surface area contributed by atoms with Crippen LogP contribution in [-0.4, -0.2) is 31.1 Å². The molecule has 0 bridgehead atoms. The average molecular weight is 230 g/mol. The second kappa shape index (κ2) is 6.32. The minimum absolute atomic E-state index is 0.0944. The van der Waals surface area contributed by atoms with Crippen LogP contribution in [0, 0.1) is 5.41 Å². The molecule has 1 atom stereocenters. The van der Waals surface area contributed by atoms with Crippen molar-refractivity contribution in [1.82, 2.24) is 10.6 Å². The summed E-state index contributed by atoms with van der Waals surface area (Å²) in [5.41, 5.74) is 10.6. The molecule has 0 spiro atoms. The van der Waals surface area contributed by atoms with E-state index in [2.05, 4.69) is 10.6 Å². The second-order valence-corrected chi connectivity index (χ2v) is 4.82. The molecule has 3 amide bonds. The summed E-state index contributed by atoms with van der Waals surface area (Å²) < 4.78 is 0. The summed E-state index contributed by atoms with van der Waals surface area (Å²) in [7, 11) is 0. The number of urea groups is 1. The standard InChI is InChI=1S/C10H22N4O2/c1-10(2,3)7(11)6-8(15)13-4-5-14-9(12)16/h7H,4-6,11H2,1-3H3,(H,13,15)(H3,12,14,16). The second-order valence-electron chi connectivity index (χ2n) is 4.82. The van der Waals surface area contributed by atoms with E-state index in [0.29, 0.717) is 13.1 Å². The molecule has 1 unspecified atom stereocenters. The van der Waals surface area contributed by atoms with Crippen LogP contribution >= 0.6 is 0 Å². The first-order valence-corrected chi connectivity index (χ1v) is 5.29. The van der Waals surface area contributed by atoms with E-state index in [-0.39, 0.29) is 23.8 Å². The maximum absolute atomic E-state index is 11.4. The molecule has 0 aromatic rings. The molecule has 6 N–H and O–H groups in total. The fourth-order valence-corrected chi connectivity index (χ4v) is 0.966. The summed E-state index contributed by atoms with van der Waals surface area (Å²) in [6.45, 7) is 6.64. The predicted octanol–water partition coefficient (Wildman–Crippen LogP) is -0.466. The Kier molecular flexibility index (Phi) is 5.81. The van der Waals surface area contributed by atoms with E-state index >= 15 is 0 Å². The van der Waals surface area contributed by atoms with Crippen LogP contribution in [0.15, 0.2) is 0 Å². The van der Waals surface area contributed by atoms with Gasteiger partial charge in [-0.25, -0.2) is 4.79 Å². The van der Waals surface area contributed by atoms with Crippen LogP contribution in [0.25, 0.3) is 0 Å². The lowest BCUT2D eigenvalue weighted by molar-refractivity contribution is -0.121. The van der Waals surface area contributed by atoms with Crippen LogP contribution in [0.3, 0.4) is 0 Å². The first-order valence-electron chi connectivity index (χ1n) is 5.29. The van der Waals surface area contributed by atoms with Crippen molar-refractivity contribution in [1.29, 1.82) is 0 Å². The minimum Gasteiger partial charge on any atom is -0.354 e. The van der Waals surface area contributed by atoms with Gasteiger partial charge in [-0.1, -0.05) is 20.8 Å². The highest BCUT2D eigenvalue weighted by atomic mass is 16.2. The Morgan fingerprint density at radius 3 is 2.12 bits per heavy atom. The van der Waals surface area contributed by atoms with Gasteiger partial charge >= 0.3 is 6.03 Å². The molecule has 0 rings (SSSR count). The molecular weight excluding hydrogens is 208 g/mol. The van der Waals surface area contributed by atoms with E-state index in [1.165, 1.54) is 0 Å². The number of hydrogen-bond acceptors (Lipinski definition) is 3. The first kappa shape index (κ1) is 14.7. The van der Waals surface area contributed by atoms with E-state index in [4.69, 9.17) is 11.5 Å². The van der Waals surface area contributed by atoms with Crippen molar-refractivity contribution >= 4 is 11.9 Å². The lowest BCUT2D eigenvalue weighted by atomic mass is 9.85. The highest BCUT2D eigenvalue weighted by Gasteiger charge is 2.22. The fraction of sp³-hybridized carbons (Fsp3) is 0.800. The van der Waals surface area contributed by atoms with E-state index < -0.39 is 6.03 Å². The smallest absolute Gasteiger partial charge is 0.312 e. The summed E-state index contributed by atoms with van der Waals surface area (Å²) >= 11 is 0. The van der Waals surface area contributed by atoms with Crippen molar-refractivity contribution in [2.24, 2.45) is 16.9 Å². The number of nitrogens with one attached hydrogen (secondary N) is 2. The van der Waals surface area contributed by atoms with Gasteiger partial charge < -0.3 is 22.1 Å². The Morgan fingerprint density at radius 2 is 1.69 bits per heavy atom. The van der Waals surface area contributed by atoms with Crippen molar-refractivity contribution in [2.75, 3.05) is 13.1 Å². The minimum atomic E-state index is -0.597. The van der Waals surface area contributed by atoms with Crippen LogP contribution < -0.4 is 22.1 Å². The Balaban J connectivity index is 3.71. The first-order chi connectivity index (χ1) is 7.23. The number of carbonyl (C=O) groups excluding carboxylic acids is 2. The van der Waals surface area contributed by atoms with Gasteiger partial charge in [-0.3, -0.25) is 4.79 Å². The number of hydrogen-bond donors (Lipinski definition) is 4. The van der Waals surface area contributed by atoms with Crippen molar-refractivity contribution in [2.45, 2.75) is 33.2 Å². The molecule has 6 nitrogen and oxygen atoms in total. The summed E-state index contributed by atoms with van der Waals surface area (Å²) in [5.74, 6) is -0.117. The van der Waals surface area contributed by atoms with Crippen LogP contribution in [-0.2, 0) is 4.79 Å². The highest BCUT2D eigenvalue weighted by Crippen LogP contribution is 2.19. The average Bonchev–Trinajstić information content (AvgIpc) is 2.10. The van der Waals surface area contributed by atoms with Crippen molar-refractivity contribution in [3.05, 3.63) is 0 Å². The van der Waals surface area contributed by atoms with Gasteiger partial charge in [-0.15, -0.1) is 0 Å². The monoisotopic (exact) mass is 230 g/mol. The van der Waals surface area contributed by atoms with E-state index in [0.717, 1.165) is 0 Å². The zero-order valence-corrected chi connectivity index (χ0v) is 10.2. The van der Waals surface area contributed by atoms with Crippen LogP contribution in [0.1, 0.15) is 27.2 Å². The van der Waals surface area contributed by atoms with Gasteiger partial charge in [0.25, 0.3) is 0 Å². The van der Waals surface area contributed by atoms with Gasteiger partial charge in [-0.2, -0.15) is 0 Å². The van der Waals surface area contributed by atoms with Gasteiger partial charge in [0.1, 0.15) is 0 Å². The van der Waals surface area contributed by atoms with Crippen molar-refractivity contribution < 1.29 is 9.59 Å². The maximum atomic E-state index is 11.4.